The molecule has 1 heterocycles. The summed E-state index contributed by atoms with van der Waals surface area (Å²) in [5.74, 6) is -1.19. The van der Waals surface area contributed by atoms with E-state index in [9.17, 15) is 9.59 Å². The molecule has 1 fully saturated rings. The van der Waals surface area contributed by atoms with Crippen LogP contribution in [-0.2, 0) is 23.8 Å². The van der Waals surface area contributed by atoms with Crippen molar-refractivity contribution in [3.05, 3.63) is 51.2 Å². The molecular weight excluding hydrogens is 388 g/mol. The molecule has 12 heteroatoms. The standard InChI is InChI=1S/C16H18N6O5S/c1-9(23)25-8-12-15(26-10(2)24)13(19-21-17)14(20-22-18)16(27-12)28-11-6-4-3-5-7-11/h3-7,12-16H,8H2,1-2H3/t12-,13-,14+,15-,16+/m1/s1. The van der Waals surface area contributed by atoms with Crippen molar-refractivity contribution in [1.82, 2.24) is 0 Å². The van der Waals surface area contributed by atoms with Crippen LogP contribution in [0, 0.1) is 0 Å². The van der Waals surface area contributed by atoms with Gasteiger partial charge in [-0.25, -0.2) is 0 Å². The number of esters is 2. The first kappa shape index (κ1) is 21.4. The Bertz CT molecular complexity index is 796. The van der Waals surface area contributed by atoms with Gasteiger partial charge in [0.15, 0.2) is 0 Å². The zero-order valence-corrected chi connectivity index (χ0v) is 15.9. The van der Waals surface area contributed by atoms with Crippen molar-refractivity contribution in [2.24, 2.45) is 10.2 Å². The van der Waals surface area contributed by atoms with Gasteiger partial charge in [0.2, 0.25) is 0 Å². The van der Waals surface area contributed by atoms with Crippen LogP contribution in [0.2, 0.25) is 0 Å². The topological polar surface area (TPSA) is 159 Å². The Balaban J connectivity index is 2.40. The molecule has 5 atom stereocenters. The van der Waals surface area contributed by atoms with Gasteiger partial charge in [0.05, 0.1) is 12.1 Å². The van der Waals surface area contributed by atoms with Gasteiger partial charge in [-0.1, -0.05) is 40.2 Å². The molecule has 28 heavy (non-hydrogen) atoms. The van der Waals surface area contributed by atoms with Gasteiger partial charge in [-0.3, -0.25) is 9.59 Å². The van der Waals surface area contributed by atoms with E-state index in [1.807, 2.05) is 30.3 Å². The lowest BCUT2D eigenvalue weighted by atomic mass is 9.96. The number of carbonyl (C=O) groups excluding carboxylic acids is 2. The van der Waals surface area contributed by atoms with Crippen LogP contribution < -0.4 is 0 Å². The fourth-order valence-electron chi connectivity index (χ4n) is 2.68. The number of nitrogens with zero attached hydrogens (tertiary/aromatic N) is 6. The average Bonchev–Trinajstić information content (AvgIpc) is 2.65. The molecule has 1 aliphatic heterocycles. The number of rotatable bonds is 7. The highest BCUT2D eigenvalue weighted by atomic mass is 32.2. The van der Waals surface area contributed by atoms with E-state index in [2.05, 4.69) is 20.1 Å². The number of ether oxygens (including phenoxy) is 3. The van der Waals surface area contributed by atoms with Crippen LogP contribution in [0.5, 0.6) is 0 Å². The number of hydrogen-bond donors (Lipinski definition) is 0. The predicted octanol–water partition coefficient (Wildman–Crippen LogP) is 3.36. The van der Waals surface area contributed by atoms with E-state index < -0.39 is 41.7 Å². The largest absolute Gasteiger partial charge is 0.463 e. The first-order valence-electron chi connectivity index (χ1n) is 8.22. The van der Waals surface area contributed by atoms with Gasteiger partial charge < -0.3 is 14.2 Å². The third kappa shape index (κ3) is 5.80. The summed E-state index contributed by atoms with van der Waals surface area (Å²) in [6.07, 6.45) is -1.99. The molecule has 0 unspecified atom stereocenters. The maximum Gasteiger partial charge on any atom is 0.303 e. The van der Waals surface area contributed by atoms with E-state index in [4.69, 9.17) is 25.3 Å². The van der Waals surface area contributed by atoms with E-state index in [0.29, 0.717) is 0 Å². The molecule has 1 aromatic rings. The lowest BCUT2D eigenvalue weighted by Crippen LogP contribution is -2.57. The monoisotopic (exact) mass is 406 g/mol. The molecule has 1 aromatic carbocycles. The number of hydrogen-bond acceptors (Lipinski definition) is 8. The zero-order valence-electron chi connectivity index (χ0n) is 15.1. The second kappa shape index (κ2) is 10.4. The van der Waals surface area contributed by atoms with Gasteiger partial charge in [-0.05, 0) is 23.2 Å². The number of benzene rings is 1. The molecule has 1 saturated heterocycles. The van der Waals surface area contributed by atoms with Crippen molar-refractivity contribution in [3.8, 4) is 0 Å². The number of carbonyl (C=O) groups is 2. The molecule has 2 rings (SSSR count). The van der Waals surface area contributed by atoms with Gasteiger partial charge >= 0.3 is 11.9 Å². The van der Waals surface area contributed by atoms with Crippen LogP contribution in [0.1, 0.15) is 13.8 Å². The molecule has 0 aliphatic carbocycles. The highest BCUT2D eigenvalue weighted by Crippen LogP contribution is 2.37. The van der Waals surface area contributed by atoms with Crippen LogP contribution in [0.4, 0.5) is 0 Å². The molecule has 1 aliphatic rings. The van der Waals surface area contributed by atoms with Crippen molar-refractivity contribution in [2.45, 2.75) is 48.5 Å². The highest BCUT2D eigenvalue weighted by molar-refractivity contribution is 7.99. The third-order valence-electron chi connectivity index (χ3n) is 3.76. The summed E-state index contributed by atoms with van der Waals surface area (Å²) in [4.78, 5) is 29.2. The van der Waals surface area contributed by atoms with E-state index >= 15 is 0 Å². The number of thioether (sulfide) groups is 1. The van der Waals surface area contributed by atoms with Crippen LogP contribution in [0.15, 0.2) is 45.5 Å². The second-order valence-corrected chi connectivity index (χ2v) is 6.91. The molecule has 148 valence electrons. The quantitative estimate of drug-likeness (QED) is 0.292. The summed E-state index contributed by atoms with van der Waals surface area (Å²) in [5.41, 5.74) is 17.2. The molecule has 0 spiro atoms. The molecule has 0 N–H and O–H groups in total. The van der Waals surface area contributed by atoms with E-state index in [1.165, 1.54) is 25.6 Å². The Kier molecular flexibility index (Phi) is 7.97. The third-order valence-corrected chi connectivity index (χ3v) is 4.93. The van der Waals surface area contributed by atoms with Crippen LogP contribution in [0.25, 0.3) is 20.9 Å². The normalized spacial score (nSPS) is 26.3. The summed E-state index contributed by atoms with van der Waals surface area (Å²) < 4.78 is 16.2. The zero-order chi connectivity index (χ0) is 20.5. The summed E-state index contributed by atoms with van der Waals surface area (Å²) in [5, 5.41) is 7.41. The Morgan fingerprint density at radius 3 is 2.32 bits per heavy atom. The molecule has 0 radical (unpaired) electrons. The molecule has 0 amide bonds. The Morgan fingerprint density at radius 2 is 1.75 bits per heavy atom. The predicted molar refractivity (Wildman–Crippen MR) is 99.0 cm³/mol. The summed E-state index contributed by atoms with van der Waals surface area (Å²) >= 11 is 1.25. The molecule has 0 saturated carbocycles. The van der Waals surface area contributed by atoms with Crippen molar-refractivity contribution in [2.75, 3.05) is 6.61 Å². The lowest BCUT2D eigenvalue weighted by Gasteiger charge is -2.42. The minimum absolute atomic E-state index is 0.223. The SMILES string of the molecule is CC(=O)OC[C@H]1O[C@@H](Sc2ccccc2)[C@@H](N=[N+]=[N-])[C@@H](N=[N+]=[N-])[C@@H]1OC(C)=O. The van der Waals surface area contributed by atoms with E-state index in [0.717, 1.165) is 4.90 Å². The van der Waals surface area contributed by atoms with Crippen LogP contribution >= 0.6 is 11.8 Å². The fourth-order valence-corrected chi connectivity index (χ4v) is 3.82. The second-order valence-electron chi connectivity index (χ2n) is 5.74. The van der Waals surface area contributed by atoms with Crippen molar-refractivity contribution in [3.63, 3.8) is 0 Å². The van der Waals surface area contributed by atoms with Crippen molar-refractivity contribution >= 4 is 23.7 Å². The minimum Gasteiger partial charge on any atom is -0.463 e. The molecule has 0 bridgehead atoms. The van der Waals surface area contributed by atoms with Gasteiger partial charge in [0, 0.05) is 28.6 Å². The molecule has 0 aromatic heterocycles. The van der Waals surface area contributed by atoms with Gasteiger partial charge in [-0.2, -0.15) is 0 Å². The molecular formula is C16H18N6O5S. The van der Waals surface area contributed by atoms with Gasteiger partial charge in [0.25, 0.3) is 0 Å². The maximum absolute atomic E-state index is 11.6. The van der Waals surface area contributed by atoms with Crippen molar-refractivity contribution < 1.29 is 23.8 Å². The smallest absolute Gasteiger partial charge is 0.303 e. The Hall–Kier alpha value is -2.91. The van der Waals surface area contributed by atoms with Crippen LogP contribution in [-0.4, -0.2) is 48.3 Å². The minimum atomic E-state index is -1.09. The lowest BCUT2D eigenvalue weighted by molar-refractivity contribution is -0.178. The summed E-state index contributed by atoms with van der Waals surface area (Å²) in [6.45, 7) is 2.19. The highest BCUT2D eigenvalue weighted by Gasteiger charge is 2.48. The summed E-state index contributed by atoms with van der Waals surface area (Å²) in [7, 11) is 0. The Labute approximate surface area is 164 Å². The van der Waals surface area contributed by atoms with Crippen LogP contribution in [0.3, 0.4) is 0 Å². The molecule has 11 nitrogen and oxygen atoms in total. The maximum atomic E-state index is 11.6. The average molecular weight is 406 g/mol. The van der Waals surface area contributed by atoms with Gasteiger partial charge in [-0.15, -0.1) is 0 Å². The van der Waals surface area contributed by atoms with Gasteiger partial charge in [0.1, 0.15) is 24.3 Å². The summed E-state index contributed by atoms with van der Waals surface area (Å²) in [6, 6.07) is 7.18. The first-order valence-corrected chi connectivity index (χ1v) is 9.10. The first-order chi connectivity index (χ1) is 13.5. The van der Waals surface area contributed by atoms with E-state index in [1.54, 1.807) is 0 Å². The number of azide groups is 2. The van der Waals surface area contributed by atoms with Crippen molar-refractivity contribution in [1.29, 1.82) is 0 Å². The Morgan fingerprint density at radius 1 is 1.11 bits per heavy atom. The van der Waals surface area contributed by atoms with E-state index in [-0.39, 0.29) is 6.61 Å². The fraction of sp³-hybridized carbons (Fsp3) is 0.500.